The summed E-state index contributed by atoms with van der Waals surface area (Å²) in [5.41, 5.74) is 0.748. The van der Waals surface area contributed by atoms with E-state index in [4.69, 9.17) is 26.2 Å². The van der Waals surface area contributed by atoms with Crippen LogP contribution in [0.3, 0.4) is 0 Å². The molecule has 0 fully saturated rings. The Labute approximate surface area is 146 Å². The summed E-state index contributed by atoms with van der Waals surface area (Å²) < 4.78 is 10.4. The number of thiazole rings is 1. The molecule has 0 aliphatic carbocycles. The number of amides is 1. The first-order chi connectivity index (χ1) is 11.4. The van der Waals surface area contributed by atoms with Crippen molar-refractivity contribution in [3.8, 4) is 11.5 Å². The topological polar surface area (TPSA) is 97.8 Å². The third-order valence-corrected chi connectivity index (χ3v) is 5.02. The molecule has 1 aromatic carbocycles. The molecule has 1 atom stereocenters. The second-order valence-electron chi connectivity index (χ2n) is 5.16. The minimum Gasteiger partial charge on any atom is -0.477 e. The summed E-state index contributed by atoms with van der Waals surface area (Å²) in [6.07, 6.45) is 0. The lowest BCUT2D eigenvalue weighted by atomic mass is 10.1. The Morgan fingerprint density at radius 1 is 1.42 bits per heavy atom. The number of aromatic carboxylic acids is 1. The monoisotopic (exact) mass is 368 g/mol. The third kappa shape index (κ3) is 3.02. The molecule has 0 spiro atoms. The van der Waals surface area contributed by atoms with E-state index in [1.54, 1.807) is 19.9 Å². The minimum absolute atomic E-state index is 0.0624. The predicted molar refractivity (Wildman–Crippen MR) is 87.3 cm³/mol. The van der Waals surface area contributed by atoms with Crippen LogP contribution in [0.2, 0.25) is 5.02 Å². The molecule has 3 rings (SSSR count). The average molecular weight is 369 g/mol. The molecule has 1 aliphatic heterocycles. The summed E-state index contributed by atoms with van der Waals surface area (Å²) in [6, 6.07) is 2.59. The number of hydrogen-bond acceptors (Lipinski definition) is 6. The average Bonchev–Trinajstić information content (AvgIpc) is 3.13. The maximum atomic E-state index is 12.4. The molecule has 9 heteroatoms. The van der Waals surface area contributed by atoms with Crippen LogP contribution in [0.1, 0.15) is 43.7 Å². The van der Waals surface area contributed by atoms with Crippen molar-refractivity contribution in [3.05, 3.63) is 38.3 Å². The first-order valence-electron chi connectivity index (χ1n) is 6.97. The molecular weight excluding hydrogens is 356 g/mol. The number of rotatable bonds is 4. The first kappa shape index (κ1) is 16.5. The van der Waals surface area contributed by atoms with Crippen LogP contribution in [0, 0.1) is 6.92 Å². The lowest BCUT2D eigenvalue weighted by Crippen LogP contribution is -2.26. The number of carboxylic acid groups (broad SMARTS) is 1. The molecule has 126 valence electrons. The van der Waals surface area contributed by atoms with Gasteiger partial charge in [0.05, 0.1) is 16.8 Å². The Kier molecular flexibility index (Phi) is 4.33. The summed E-state index contributed by atoms with van der Waals surface area (Å²) in [7, 11) is 0. The molecule has 0 bridgehead atoms. The zero-order valence-corrected chi connectivity index (χ0v) is 14.3. The summed E-state index contributed by atoms with van der Waals surface area (Å²) >= 11 is 7.11. The number of halogens is 1. The van der Waals surface area contributed by atoms with Gasteiger partial charge in [0.15, 0.2) is 11.5 Å². The standard InChI is InChI=1S/C15H13ClN2O5S/c1-6-12(15(20)21)24-14(18-6)7(2)17-13(19)8-3-9(16)11-10(4-8)22-5-23-11/h3-4,7H,5H2,1-2H3,(H,17,19)(H,20,21). The van der Waals surface area contributed by atoms with E-state index < -0.39 is 12.0 Å². The number of nitrogens with one attached hydrogen (secondary N) is 1. The summed E-state index contributed by atoms with van der Waals surface area (Å²) in [5.74, 6) is -0.564. The zero-order valence-electron chi connectivity index (χ0n) is 12.8. The van der Waals surface area contributed by atoms with E-state index >= 15 is 0 Å². The number of carboxylic acids is 1. The Morgan fingerprint density at radius 3 is 2.83 bits per heavy atom. The van der Waals surface area contributed by atoms with Gasteiger partial charge in [-0.3, -0.25) is 4.79 Å². The molecule has 0 saturated heterocycles. The molecular formula is C15H13ClN2O5S. The van der Waals surface area contributed by atoms with Gasteiger partial charge in [0.1, 0.15) is 9.88 Å². The number of benzene rings is 1. The van der Waals surface area contributed by atoms with E-state index in [0.717, 1.165) is 11.3 Å². The quantitative estimate of drug-likeness (QED) is 0.860. The fourth-order valence-electron chi connectivity index (χ4n) is 2.24. The smallest absolute Gasteiger partial charge is 0.347 e. The van der Waals surface area contributed by atoms with E-state index in [9.17, 15) is 9.59 Å². The second-order valence-corrected chi connectivity index (χ2v) is 6.60. The molecule has 2 N–H and O–H groups in total. The summed E-state index contributed by atoms with van der Waals surface area (Å²) in [6.45, 7) is 3.42. The minimum atomic E-state index is -1.03. The number of fused-ring (bicyclic) bond motifs is 1. The Bertz CT molecular complexity index is 836. The fourth-order valence-corrected chi connectivity index (χ4v) is 3.41. The van der Waals surface area contributed by atoms with Gasteiger partial charge in [-0.15, -0.1) is 11.3 Å². The lowest BCUT2D eigenvalue weighted by molar-refractivity contribution is 0.0700. The Hall–Kier alpha value is -2.32. The van der Waals surface area contributed by atoms with Crippen molar-refractivity contribution in [2.24, 2.45) is 0 Å². The van der Waals surface area contributed by atoms with Gasteiger partial charge >= 0.3 is 5.97 Å². The lowest BCUT2D eigenvalue weighted by Gasteiger charge is -2.12. The van der Waals surface area contributed by atoms with Crippen LogP contribution in [0.4, 0.5) is 0 Å². The second kappa shape index (κ2) is 6.29. The first-order valence-corrected chi connectivity index (χ1v) is 8.17. The van der Waals surface area contributed by atoms with Gasteiger partial charge in [0.25, 0.3) is 5.91 Å². The highest BCUT2D eigenvalue weighted by Crippen LogP contribution is 2.39. The van der Waals surface area contributed by atoms with Crippen LogP contribution in [-0.4, -0.2) is 28.8 Å². The maximum absolute atomic E-state index is 12.4. The van der Waals surface area contributed by atoms with E-state index in [0.29, 0.717) is 32.8 Å². The molecule has 7 nitrogen and oxygen atoms in total. The van der Waals surface area contributed by atoms with Crippen LogP contribution in [0.25, 0.3) is 0 Å². The van der Waals surface area contributed by atoms with Crippen molar-refractivity contribution in [3.63, 3.8) is 0 Å². The highest BCUT2D eigenvalue weighted by molar-refractivity contribution is 7.13. The number of carbonyl (C=O) groups is 2. The van der Waals surface area contributed by atoms with Gasteiger partial charge < -0.3 is 19.9 Å². The van der Waals surface area contributed by atoms with Gasteiger partial charge in [-0.05, 0) is 26.0 Å². The van der Waals surface area contributed by atoms with Crippen molar-refractivity contribution >= 4 is 34.8 Å². The predicted octanol–water partition coefficient (Wildman–Crippen LogP) is 3.02. The molecule has 1 amide bonds. The van der Waals surface area contributed by atoms with E-state index in [-0.39, 0.29) is 17.6 Å². The number of ether oxygens (including phenoxy) is 2. The number of nitrogens with zero attached hydrogens (tertiary/aromatic N) is 1. The van der Waals surface area contributed by atoms with Crippen LogP contribution >= 0.6 is 22.9 Å². The Balaban J connectivity index is 1.78. The van der Waals surface area contributed by atoms with Crippen LogP contribution in [-0.2, 0) is 0 Å². The largest absolute Gasteiger partial charge is 0.477 e. The number of aromatic nitrogens is 1. The molecule has 24 heavy (non-hydrogen) atoms. The van der Waals surface area contributed by atoms with Crippen molar-refractivity contribution in [2.45, 2.75) is 19.9 Å². The molecule has 2 heterocycles. The van der Waals surface area contributed by atoms with Crippen molar-refractivity contribution in [2.75, 3.05) is 6.79 Å². The maximum Gasteiger partial charge on any atom is 0.347 e. The van der Waals surface area contributed by atoms with Gasteiger partial charge in [0, 0.05) is 5.56 Å². The van der Waals surface area contributed by atoms with Gasteiger partial charge in [-0.1, -0.05) is 11.6 Å². The van der Waals surface area contributed by atoms with E-state index in [1.165, 1.54) is 6.07 Å². The molecule has 1 unspecified atom stereocenters. The van der Waals surface area contributed by atoms with Crippen molar-refractivity contribution < 1.29 is 24.2 Å². The summed E-state index contributed by atoms with van der Waals surface area (Å²) in [5, 5.41) is 12.7. The van der Waals surface area contributed by atoms with Crippen LogP contribution in [0.15, 0.2) is 12.1 Å². The third-order valence-electron chi connectivity index (χ3n) is 3.41. The van der Waals surface area contributed by atoms with Gasteiger partial charge in [0.2, 0.25) is 6.79 Å². The number of carbonyl (C=O) groups excluding carboxylic acids is 1. The van der Waals surface area contributed by atoms with Crippen LogP contribution in [0.5, 0.6) is 11.5 Å². The Morgan fingerprint density at radius 2 is 2.17 bits per heavy atom. The van der Waals surface area contributed by atoms with Crippen molar-refractivity contribution in [1.82, 2.24) is 10.3 Å². The number of aryl methyl sites for hydroxylation is 1. The molecule has 0 saturated carbocycles. The molecule has 1 aromatic heterocycles. The van der Waals surface area contributed by atoms with E-state index in [1.807, 2.05) is 0 Å². The highest BCUT2D eigenvalue weighted by Gasteiger charge is 2.23. The molecule has 0 radical (unpaired) electrons. The SMILES string of the molecule is Cc1nc(C(C)NC(=O)c2cc(Cl)c3c(c2)OCO3)sc1C(=O)O. The zero-order chi connectivity index (χ0) is 17.4. The van der Waals surface area contributed by atoms with Gasteiger partial charge in [-0.25, -0.2) is 9.78 Å². The molecule has 2 aromatic rings. The highest BCUT2D eigenvalue weighted by atomic mass is 35.5. The fraction of sp³-hybridized carbons (Fsp3) is 0.267. The molecule has 1 aliphatic rings. The van der Waals surface area contributed by atoms with Crippen molar-refractivity contribution in [1.29, 1.82) is 0 Å². The van der Waals surface area contributed by atoms with E-state index in [2.05, 4.69) is 10.3 Å². The van der Waals surface area contributed by atoms with Gasteiger partial charge in [-0.2, -0.15) is 0 Å². The normalized spacial score (nSPS) is 13.6. The summed E-state index contributed by atoms with van der Waals surface area (Å²) in [4.78, 5) is 27.9. The van der Waals surface area contributed by atoms with Crippen LogP contribution < -0.4 is 14.8 Å². The number of hydrogen-bond donors (Lipinski definition) is 2.